The first kappa shape index (κ1) is 14.9. The van der Waals surface area contributed by atoms with Crippen molar-refractivity contribution in [1.29, 1.82) is 0 Å². The van der Waals surface area contributed by atoms with E-state index >= 15 is 0 Å². The van der Waals surface area contributed by atoms with E-state index in [1.165, 1.54) is 13.1 Å². The van der Waals surface area contributed by atoms with Crippen LogP contribution in [-0.2, 0) is 4.79 Å². The molecule has 0 spiro atoms. The first-order chi connectivity index (χ1) is 6.31. The summed E-state index contributed by atoms with van der Waals surface area (Å²) in [5.41, 5.74) is 0. The van der Waals surface area contributed by atoms with Crippen LogP contribution in [-0.4, -0.2) is 51.6 Å². The molecule has 2 N–H and O–H groups in total. The Bertz CT molecular complexity index is 92.9. The number of nitrogens with one attached hydrogen (secondary N) is 2. The molecule has 1 saturated heterocycles. The molecule has 1 heterocycles. The predicted octanol–water partition coefficient (Wildman–Crippen LogP) is -0.0902. The summed E-state index contributed by atoms with van der Waals surface area (Å²) in [5.74, 6) is 0. The van der Waals surface area contributed by atoms with Gasteiger partial charge in [-0.2, -0.15) is 0 Å². The van der Waals surface area contributed by atoms with Gasteiger partial charge in [-0.05, 0) is 7.05 Å². The molecule has 1 aliphatic rings. The van der Waals surface area contributed by atoms with Gasteiger partial charge in [-0.15, -0.1) is 0 Å². The Morgan fingerprint density at radius 2 is 1.69 bits per heavy atom. The Labute approximate surface area is 81.7 Å². The molecule has 0 bridgehead atoms. The summed E-state index contributed by atoms with van der Waals surface area (Å²) in [7, 11) is 3.72. The van der Waals surface area contributed by atoms with E-state index in [4.69, 9.17) is 4.79 Å². The highest BCUT2D eigenvalue weighted by atomic mass is 16.1. The van der Waals surface area contributed by atoms with Gasteiger partial charge in [0.1, 0.15) is 0 Å². The number of carbonyl (C=O) groups is 1. The lowest BCUT2D eigenvalue weighted by Gasteiger charge is -2.21. The number of nitrogens with zero attached hydrogens (tertiary/aromatic N) is 1. The van der Waals surface area contributed by atoms with Crippen LogP contribution in [0.15, 0.2) is 0 Å². The molecule has 1 aliphatic heterocycles. The quantitative estimate of drug-likeness (QED) is 0.567. The van der Waals surface area contributed by atoms with E-state index in [0.717, 1.165) is 13.1 Å². The van der Waals surface area contributed by atoms with E-state index < -0.39 is 0 Å². The van der Waals surface area contributed by atoms with Crippen LogP contribution in [0.1, 0.15) is 13.8 Å². The second-order valence-corrected chi connectivity index (χ2v) is 2.46. The SMILES string of the molecule is CC.CN1CCNCC1.CNC=O. The number of carbonyl (C=O) groups excluding carboxylic acids is 1. The first-order valence-corrected chi connectivity index (χ1v) is 4.81. The van der Waals surface area contributed by atoms with Crippen LogP contribution in [0.3, 0.4) is 0 Å². The molecule has 1 fully saturated rings. The van der Waals surface area contributed by atoms with Gasteiger partial charge >= 0.3 is 0 Å². The van der Waals surface area contributed by atoms with E-state index in [-0.39, 0.29) is 0 Å². The minimum Gasteiger partial charge on any atom is -0.362 e. The Morgan fingerprint density at radius 1 is 1.31 bits per heavy atom. The standard InChI is InChI=1S/C5H12N2.C2H5NO.C2H6/c1-7-4-2-6-3-5-7;1-3-2-4;1-2/h6H,2-5H2,1H3;2H,1H3,(H,3,4);1-2H3. The molecule has 13 heavy (non-hydrogen) atoms. The molecule has 0 radical (unpaired) electrons. The maximum atomic E-state index is 9.06. The number of amides is 1. The molecule has 0 aromatic rings. The Balaban J connectivity index is 0. The van der Waals surface area contributed by atoms with Gasteiger partial charge in [0, 0.05) is 33.2 Å². The molecule has 0 atom stereocenters. The fourth-order valence-corrected chi connectivity index (χ4v) is 0.777. The van der Waals surface area contributed by atoms with Crippen molar-refractivity contribution in [3.05, 3.63) is 0 Å². The van der Waals surface area contributed by atoms with Gasteiger partial charge in [0.2, 0.25) is 6.41 Å². The minimum absolute atomic E-state index is 0.625. The van der Waals surface area contributed by atoms with Crippen LogP contribution in [0.2, 0.25) is 0 Å². The van der Waals surface area contributed by atoms with Gasteiger partial charge in [-0.25, -0.2) is 0 Å². The molecule has 0 aliphatic carbocycles. The Kier molecular flexibility index (Phi) is 16.0. The summed E-state index contributed by atoms with van der Waals surface area (Å²) >= 11 is 0. The number of hydrogen-bond acceptors (Lipinski definition) is 3. The van der Waals surface area contributed by atoms with Crippen LogP contribution < -0.4 is 10.6 Å². The molecule has 0 unspecified atom stereocenters. The second kappa shape index (κ2) is 13.9. The van der Waals surface area contributed by atoms with E-state index in [9.17, 15) is 0 Å². The van der Waals surface area contributed by atoms with Crippen molar-refractivity contribution in [2.45, 2.75) is 13.8 Å². The van der Waals surface area contributed by atoms with Crippen molar-refractivity contribution >= 4 is 6.41 Å². The molecule has 0 saturated carbocycles. The van der Waals surface area contributed by atoms with Gasteiger partial charge in [0.25, 0.3) is 0 Å². The van der Waals surface area contributed by atoms with Crippen LogP contribution >= 0.6 is 0 Å². The summed E-state index contributed by atoms with van der Waals surface area (Å²) in [6, 6.07) is 0. The normalized spacial score (nSPS) is 15.7. The van der Waals surface area contributed by atoms with Crippen LogP contribution in [0.4, 0.5) is 0 Å². The Hall–Kier alpha value is -0.610. The minimum atomic E-state index is 0.625. The third kappa shape index (κ3) is 14.3. The highest BCUT2D eigenvalue weighted by molar-refractivity contribution is 5.44. The number of hydrogen-bond donors (Lipinski definition) is 2. The second-order valence-electron chi connectivity index (χ2n) is 2.46. The van der Waals surface area contributed by atoms with Crippen molar-refractivity contribution < 1.29 is 4.79 Å². The van der Waals surface area contributed by atoms with Crippen molar-refractivity contribution in [2.75, 3.05) is 40.3 Å². The van der Waals surface area contributed by atoms with Gasteiger partial charge in [-0.1, -0.05) is 13.8 Å². The zero-order valence-corrected chi connectivity index (χ0v) is 9.26. The summed E-state index contributed by atoms with van der Waals surface area (Å²) < 4.78 is 0. The highest BCUT2D eigenvalue weighted by Crippen LogP contribution is 1.82. The van der Waals surface area contributed by atoms with Gasteiger partial charge < -0.3 is 15.5 Å². The van der Waals surface area contributed by atoms with Crippen molar-refractivity contribution in [3.8, 4) is 0 Å². The lowest BCUT2D eigenvalue weighted by Crippen LogP contribution is -2.40. The Morgan fingerprint density at radius 3 is 1.85 bits per heavy atom. The van der Waals surface area contributed by atoms with E-state index in [0.29, 0.717) is 6.41 Å². The lowest BCUT2D eigenvalue weighted by atomic mass is 10.4. The van der Waals surface area contributed by atoms with Crippen LogP contribution in [0.25, 0.3) is 0 Å². The molecule has 1 amide bonds. The smallest absolute Gasteiger partial charge is 0.206 e. The lowest BCUT2D eigenvalue weighted by molar-refractivity contribution is -0.109. The molecule has 0 aromatic carbocycles. The van der Waals surface area contributed by atoms with E-state index in [2.05, 4.69) is 22.6 Å². The number of likely N-dealkylation sites (N-methyl/N-ethyl adjacent to an activating group) is 1. The third-order valence-corrected chi connectivity index (χ3v) is 1.46. The van der Waals surface area contributed by atoms with Crippen LogP contribution in [0, 0.1) is 0 Å². The fraction of sp³-hybridized carbons (Fsp3) is 0.889. The molecule has 1 rings (SSSR count). The average Bonchev–Trinajstić information content (AvgIpc) is 2.22. The summed E-state index contributed by atoms with van der Waals surface area (Å²) in [4.78, 5) is 11.4. The van der Waals surface area contributed by atoms with Crippen molar-refractivity contribution in [1.82, 2.24) is 15.5 Å². The van der Waals surface area contributed by atoms with Crippen molar-refractivity contribution in [3.63, 3.8) is 0 Å². The predicted molar refractivity (Wildman–Crippen MR) is 56.8 cm³/mol. The molecule has 80 valence electrons. The summed E-state index contributed by atoms with van der Waals surface area (Å²) in [5, 5.41) is 5.52. The average molecular weight is 189 g/mol. The molecular weight excluding hydrogens is 166 g/mol. The van der Waals surface area contributed by atoms with Crippen molar-refractivity contribution in [2.24, 2.45) is 0 Å². The van der Waals surface area contributed by atoms with Crippen LogP contribution in [0.5, 0.6) is 0 Å². The zero-order valence-electron chi connectivity index (χ0n) is 9.26. The van der Waals surface area contributed by atoms with Gasteiger partial charge in [0.15, 0.2) is 0 Å². The topological polar surface area (TPSA) is 44.4 Å². The molecule has 4 nitrogen and oxygen atoms in total. The monoisotopic (exact) mass is 189 g/mol. The maximum Gasteiger partial charge on any atom is 0.206 e. The third-order valence-electron chi connectivity index (χ3n) is 1.46. The molecular formula is C9H23N3O. The van der Waals surface area contributed by atoms with E-state index in [1.807, 2.05) is 13.8 Å². The van der Waals surface area contributed by atoms with Gasteiger partial charge in [-0.3, -0.25) is 4.79 Å². The molecule has 0 aromatic heterocycles. The highest BCUT2D eigenvalue weighted by Gasteiger charge is 2.01. The first-order valence-electron chi connectivity index (χ1n) is 4.81. The number of rotatable bonds is 1. The van der Waals surface area contributed by atoms with Gasteiger partial charge in [0.05, 0.1) is 0 Å². The zero-order chi connectivity index (χ0) is 10.5. The number of piperazine rings is 1. The molecule has 4 heteroatoms. The van der Waals surface area contributed by atoms with E-state index in [1.54, 1.807) is 7.05 Å². The summed E-state index contributed by atoms with van der Waals surface area (Å²) in [6.45, 7) is 8.74. The summed E-state index contributed by atoms with van der Waals surface area (Å²) in [6.07, 6.45) is 0.625. The largest absolute Gasteiger partial charge is 0.362 e. The maximum absolute atomic E-state index is 9.06. The fourth-order valence-electron chi connectivity index (χ4n) is 0.777.